The van der Waals surface area contributed by atoms with Crippen molar-refractivity contribution in [3.63, 3.8) is 0 Å². The van der Waals surface area contributed by atoms with E-state index in [0.717, 1.165) is 51.8 Å². The van der Waals surface area contributed by atoms with Crippen LogP contribution in [0.3, 0.4) is 0 Å². The van der Waals surface area contributed by atoms with Crippen LogP contribution in [0.4, 0.5) is 0 Å². The van der Waals surface area contributed by atoms with E-state index in [4.69, 9.17) is 4.74 Å². The summed E-state index contributed by atoms with van der Waals surface area (Å²) in [5.41, 5.74) is 3.86. The van der Waals surface area contributed by atoms with Crippen LogP contribution in [0.2, 0.25) is 0 Å². The number of nitrogens with zero attached hydrogens (tertiary/aromatic N) is 2. The molecule has 4 rings (SSSR count). The summed E-state index contributed by atoms with van der Waals surface area (Å²) in [7, 11) is 1.83. The van der Waals surface area contributed by atoms with E-state index in [0.29, 0.717) is 6.04 Å². The van der Waals surface area contributed by atoms with Gasteiger partial charge in [0, 0.05) is 55.2 Å². The normalized spacial score (nSPS) is 16.1. The predicted molar refractivity (Wildman–Crippen MR) is 141 cm³/mol. The lowest BCUT2D eigenvalue weighted by molar-refractivity contribution is 0.0177. The molecule has 3 N–H and O–H groups in total. The summed E-state index contributed by atoms with van der Waals surface area (Å²) in [6, 6.07) is 11.1. The Morgan fingerprint density at radius 1 is 1.23 bits per heavy atom. The summed E-state index contributed by atoms with van der Waals surface area (Å²) in [6.45, 7) is 7.38. The van der Waals surface area contributed by atoms with Gasteiger partial charge in [-0.15, -0.1) is 35.3 Å². The molecular weight excluding hydrogens is 521 g/mol. The summed E-state index contributed by atoms with van der Waals surface area (Å²) in [5.74, 6) is 0.848. The summed E-state index contributed by atoms with van der Waals surface area (Å²) in [4.78, 5) is 11.7. The highest BCUT2D eigenvalue weighted by atomic mass is 127. The van der Waals surface area contributed by atoms with Gasteiger partial charge in [0.2, 0.25) is 0 Å². The quantitative estimate of drug-likeness (QED) is 0.236. The van der Waals surface area contributed by atoms with E-state index < -0.39 is 0 Å². The van der Waals surface area contributed by atoms with Gasteiger partial charge in [-0.2, -0.15) is 0 Å². The van der Waals surface area contributed by atoms with Gasteiger partial charge in [-0.25, -0.2) is 0 Å². The first kappa shape index (κ1) is 24.0. The van der Waals surface area contributed by atoms with Gasteiger partial charge < -0.3 is 20.4 Å². The third-order valence-corrected chi connectivity index (χ3v) is 6.70. The van der Waals surface area contributed by atoms with Crippen LogP contribution in [0.15, 0.2) is 46.9 Å². The Bertz CT molecular complexity index is 966. The van der Waals surface area contributed by atoms with E-state index in [9.17, 15) is 0 Å². The molecule has 0 radical (unpaired) electrons. The van der Waals surface area contributed by atoms with E-state index in [1.165, 1.54) is 26.9 Å². The molecule has 0 spiro atoms. The number of halogens is 1. The average molecular weight is 554 g/mol. The summed E-state index contributed by atoms with van der Waals surface area (Å²) in [5, 5.41) is 10.5. The fraction of sp³-hybridized carbons (Fsp3) is 0.435. The first-order chi connectivity index (χ1) is 14.8. The van der Waals surface area contributed by atoms with Gasteiger partial charge in [0.05, 0.1) is 19.3 Å². The standard InChI is InChI=1S/C23H31N5OS.HI/c1-17-5-3-6-19-22(17)18(15-26-19)8-9-25-23(24-2)27-16-20(21-7-4-14-30-21)28-10-12-29-13-11-28;/h3-7,14-15,20,26H,8-13,16H2,1-2H3,(H2,24,25,27);1H. The number of aromatic nitrogens is 1. The molecule has 1 aliphatic rings. The fourth-order valence-electron chi connectivity index (χ4n) is 4.16. The maximum atomic E-state index is 5.54. The molecule has 0 amide bonds. The number of rotatable bonds is 7. The fourth-order valence-corrected chi connectivity index (χ4v) is 5.02. The molecule has 1 aliphatic heterocycles. The molecule has 1 atom stereocenters. The number of H-pyrrole nitrogens is 1. The molecule has 0 aliphatic carbocycles. The number of hydrogen-bond acceptors (Lipinski definition) is 4. The number of nitrogens with one attached hydrogen (secondary N) is 3. The van der Waals surface area contributed by atoms with Crippen molar-refractivity contribution < 1.29 is 4.74 Å². The van der Waals surface area contributed by atoms with E-state index in [-0.39, 0.29) is 24.0 Å². The molecule has 31 heavy (non-hydrogen) atoms. The van der Waals surface area contributed by atoms with Crippen molar-refractivity contribution in [1.29, 1.82) is 0 Å². The van der Waals surface area contributed by atoms with Crippen molar-refractivity contribution in [2.24, 2.45) is 4.99 Å². The predicted octanol–water partition coefficient (Wildman–Crippen LogP) is 3.94. The van der Waals surface area contributed by atoms with Gasteiger partial charge in [-0.1, -0.05) is 18.2 Å². The monoisotopic (exact) mass is 553 g/mol. The average Bonchev–Trinajstić information content (AvgIpc) is 3.44. The molecule has 3 aromatic rings. The molecule has 1 fully saturated rings. The van der Waals surface area contributed by atoms with Crippen LogP contribution in [-0.2, 0) is 11.2 Å². The van der Waals surface area contributed by atoms with E-state index in [1.54, 1.807) is 0 Å². The number of ether oxygens (including phenoxy) is 1. The van der Waals surface area contributed by atoms with E-state index in [1.807, 2.05) is 18.4 Å². The van der Waals surface area contributed by atoms with Crippen LogP contribution in [-0.4, -0.2) is 62.3 Å². The van der Waals surface area contributed by atoms with Crippen molar-refractivity contribution in [2.45, 2.75) is 19.4 Å². The molecule has 3 heterocycles. The molecule has 1 aromatic carbocycles. The number of fused-ring (bicyclic) bond motifs is 1. The zero-order chi connectivity index (χ0) is 20.8. The summed E-state index contributed by atoms with van der Waals surface area (Å²) < 4.78 is 5.54. The van der Waals surface area contributed by atoms with Crippen LogP contribution in [0, 0.1) is 6.92 Å². The van der Waals surface area contributed by atoms with Crippen LogP contribution in [0.25, 0.3) is 10.9 Å². The second-order valence-corrected chi connectivity index (χ2v) is 8.60. The lowest BCUT2D eigenvalue weighted by Gasteiger charge is -2.34. The number of aliphatic imine (C=N–C) groups is 1. The lowest BCUT2D eigenvalue weighted by atomic mass is 10.1. The third kappa shape index (κ3) is 6.00. The minimum atomic E-state index is 0. The first-order valence-electron chi connectivity index (χ1n) is 10.6. The highest BCUT2D eigenvalue weighted by Crippen LogP contribution is 2.25. The zero-order valence-electron chi connectivity index (χ0n) is 18.2. The Morgan fingerprint density at radius 2 is 2.06 bits per heavy atom. The molecule has 2 aromatic heterocycles. The Labute approximate surface area is 205 Å². The van der Waals surface area contributed by atoms with Gasteiger partial charge in [0.1, 0.15) is 0 Å². The minimum absolute atomic E-state index is 0. The van der Waals surface area contributed by atoms with Crippen molar-refractivity contribution in [3.8, 4) is 0 Å². The van der Waals surface area contributed by atoms with Crippen molar-refractivity contribution in [3.05, 3.63) is 57.9 Å². The van der Waals surface area contributed by atoms with Crippen molar-refractivity contribution >= 4 is 52.2 Å². The molecule has 6 nitrogen and oxygen atoms in total. The van der Waals surface area contributed by atoms with Crippen LogP contribution < -0.4 is 10.6 Å². The van der Waals surface area contributed by atoms with Crippen LogP contribution >= 0.6 is 35.3 Å². The van der Waals surface area contributed by atoms with Gasteiger partial charge in [-0.05, 0) is 42.0 Å². The van der Waals surface area contributed by atoms with Gasteiger partial charge in [0.15, 0.2) is 5.96 Å². The van der Waals surface area contributed by atoms with Crippen molar-refractivity contribution in [1.82, 2.24) is 20.5 Å². The molecule has 1 unspecified atom stereocenters. The zero-order valence-corrected chi connectivity index (χ0v) is 21.3. The molecule has 0 bridgehead atoms. The second kappa shape index (κ2) is 11.8. The van der Waals surface area contributed by atoms with E-state index >= 15 is 0 Å². The van der Waals surface area contributed by atoms with Crippen LogP contribution in [0.5, 0.6) is 0 Å². The SMILES string of the molecule is CN=C(NCCc1c[nH]c2cccc(C)c12)NCC(c1cccs1)N1CCOCC1.I. The first-order valence-corrected chi connectivity index (χ1v) is 11.5. The van der Waals surface area contributed by atoms with Crippen LogP contribution in [0.1, 0.15) is 22.0 Å². The number of morpholine rings is 1. The number of thiophene rings is 1. The maximum absolute atomic E-state index is 5.54. The number of hydrogen-bond donors (Lipinski definition) is 3. The highest BCUT2D eigenvalue weighted by molar-refractivity contribution is 14.0. The Hall–Kier alpha value is -1.62. The van der Waals surface area contributed by atoms with Gasteiger partial charge >= 0.3 is 0 Å². The van der Waals surface area contributed by atoms with Gasteiger partial charge in [-0.3, -0.25) is 9.89 Å². The molecule has 8 heteroatoms. The minimum Gasteiger partial charge on any atom is -0.379 e. The summed E-state index contributed by atoms with van der Waals surface area (Å²) in [6.07, 6.45) is 3.07. The third-order valence-electron chi connectivity index (χ3n) is 5.73. The Balaban J connectivity index is 0.00000272. The molecular formula is C23H32IN5OS. The number of aromatic amines is 1. The largest absolute Gasteiger partial charge is 0.379 e. The Kier molecular flexibility index (Phi) is 9.18. The van der Waals surface area contributed by atoms with Gasteiger partial charge in [0.25, 0.3) is 0 Å². The number of guanidine groups is 1. The Morgan fingerprint density at radius 3 is 2.81 bits per heavy atom. The molecule has 1 saturated heterocycles. The topological polar surface area (TPSA) is 64.7 Å². The second-order valence-electron chi connectivity index (χ2n) is 7.62. The molecule has 168 valence electrons. The van der Waals surface area contributed by atoms with E-state index in [2.05, 4.69) is 74.3 Å². The van der Waals surface area contributed by atoms with Crippen molar-refractivity contribution in [2.75, 3.05) is 46.4 Å². The maximum Gasteiger partial charge on any atom is 0.191 e. The number of aryl methyl sites for hydroxylation is 1. The lowest BCUT2D eigenvalue weighted by Crippen LogP contribution is -2.46. The summed E-state index contributed by atoms with van der Waals surface area (Å²) >= 11 is 1.82. The highest BCUT2D eigenvalue weighted by Gasteiger charge is 2.23. The number of benzene rings is 1. The molecule has 0 saturated carbocycles. The smallest absolute Gasteiger partial charge is 0.191 e.